The molecule has 0 saturated carbocycles. The van der Waals surface area contributed by atoms with Gasteiger partial charge >= 0.3 is 0 Å². The van der Waals surface area contributed by atoms with Crippen molar-refractivity contribution in [1.29, 1.82) is 0 Å². The molecular formula is C13H14BrNOS. The number of hydrogen-bond acceptors (Lipinski definition) is 3. The molecular weight excluding hydrogens is 298 g/mol. The van der Waals surface area contributed by atoms with Gasteiger partial charge in [-0.05, 0) is 26.0 Å². The van der Waals surface area contributed by atoms with E-state index < -0.39 is 0 Å². The highest BCUT2D eigenvalue weighted by molar-refractivity contribution is 9.10. The van der Waals surface area contributed by atoms with Gasteiger partial charge in [-0.25, -0.2) is 4.98 Å². The number of rotatable bonds is 3. The van der Waals surface area contributed by atoms with Crippen LogP contribution in [0.4, 0.5) is 0 Å². The summed E-state index contributed by atoms with van der Waals surface area (Å²) in [4.78, 5) is 4.63. The molecule has 0 spiro atoms. The highest BCUT2D eigenvalue weighted by Gasteiger charge is 2.23. The monoisotopic (exact) mass is 311 g/mol. The van der Waals surface area contributed by atoms with Crippen LogP contribution in [0.3, 0.4) is 0 Å². The van der Waals surface area contributed by atoms with Crippen LogP contribution in [0.25, 0.3) is 11.3 Å². The molecule has 0 unspecified atom stereocenters. The van der Waals surface area contributed by atoms with Gasteiger partial charge < -0.3 is 4.74 Å². The van der Waals surface area contributed by atoms with Gasteiger partial charge in [0.1, 0.15) is 10.6 Å². The molecule has 17 heavy (non-hydrogen) atoms. The summed E-state index contributed by atoms with van der Waals surface area (Å²) in [5, 5.41) is 3.07. The van der Waals surface area contributed by atoms with Gasteiger partial charge in [-0.3, -0.25) is 0 Å². The van der Waals surface area contributed by atoms with Crippen molar-refractivity contribution in [1.82, 2.24) is 4.98 Å². The summed E-state index contributed by atoms with van der Waals surface area (Å²) in [6.07, 6.45) is 0. The SMILES string of the molecule is COC(C)(C)c1nc(-c2ccc(Br)cc2)cs1. The standard InChI is InChI=1S/C13H14BrNOS/c1-13(2,16-3)12-15-11(8-17-12)9-4-6-10(14)7-5-9/h4-8H,1-3H3. The van der Waals surface area contributed by atoms with Gasteiger partial charge in [0.2, 0.25) is 0 Å². The second-order valence-corrected chi connectivity index (χ2v) is 6.03. The Kier molecular flexibility index (Phi) is 3.66. The average Bonchev–Trinajstić information content (AvgIpc) is 2.80. The number of ether oxygens (including phenoxy) is 1. The molecule has 2 rings (SSSR count). The molecule has 0 aliphatic rings. The first-order chi connectivity index (χ1) is 8.03. The summed E-state index contributed by atoms with van der Waals surface area (Å²) < 4.78 is 6.51. The molecule has 2 aromatic rings. The number of hydrogen-bond donors (Lipinski definition) is 0. The Labute approximate surface area is 114 Å². The minimum atomic E-state index is -0.321. The zero-order valence-electron chi connectivity index (χ0n) is 10.0. The van der Waals surface area contributed by atoms with Gasteiger partial charge in [0, 0.05) is 22.5 Å². The topological polar surface area (TPSA) is 22.1 Å². The summed E-state index contributed by atoms with van der Waals surface area (Å²) in [5.74, 6) is 0. The molecule has 2 nitrogen and oxygen atoms in total. The van der Waals surface area contributed by atoms with Crippen LogP contribution in [0.1, 0.15) is 18.9 Å². The fraction of sp³-hybridized carbons (Fsp3) is 0.308. The van der Waals surface area contributed by atoms with Gasteiger partial charge in [-0.2, -0.15) is 0 Å². The maximum atomic E-state index is 5.43. The fourth-order valence-electron chi connectivity index (χ4n) is 1.39. The van der Waals surface area contributed by atoms with Gasteiger partial charge in [-0.15, -0.1) is 11.3 Å². The Bertz CT molecular complexity index is 504. The molecule has 0 aliphatic carbocycles. The molecule has 1 aromatic carbocycles. The van der Waals surface area contributed by atoms with Crippen LogP contribution >= 0.6 is 27.3 Å². The van der Waals surface area contributed by atoms with Crippen molar-refractivity contribution in [3.8, 4) is 11.3 Å². The normalized spacial score (nSPS) is 11.8. The van der Waals surface area contributed by atoms with Crippen LogP contribution < -0.4 is 0 Å². The van der Waals surface area contributed by atoms with E-state index in [-0.39, 0.29) is 5.60 Å². The molecule has 0 bridgehead atoms. The highest BCUT2D eigenvalue weighted by atomic mass is 79.9. The van der Waals surface area contributed by atoms with Crippen molar-refractivity contribution in [2.24, 2.45) is 0 Å². The summed E-state index contributed by atoms with van der Waals surface area (Å²) in [5.41, 5.74) is 1.81. The molecule has 1 heterocycles. The number of nitrogens with zero attached hydrogens (tertiary/aromatic N) is 1. The van der Waals surface area contributed by atoms with Crippen molar-refractivity contribution in [2.45, 2.75) is 19.4 Å². The van der Waals surface area contributed by atoms with E-state index in [1.54, 1.807) is 18.4 Å². The van der Waals surface area contributed by atoms with Crippen LogP contribution in [0.2, 0.25) is 0 Å². The quantitative estimate of drug-likeness (QED) is 0.835. The van der Waals surface area contributed by atoms with Crippen LogP contribution in [0.15, 0.2) is 34.1 Å². The summed E-state index contributed by atoms with van der Waals surface area (Å²) in [6.45, 7) is 4.05. The van der Waals surface area contributed by atoms with E-state index in [0.29, 0.717) is 0 Å². The zero-order valence-corrected chi connectivity index (χ0v) is 12.4. The summed E-state index contributed by atoms with van der Waals surface area (Å²) >= 11 is 5.06. The first-order valence-corrected chi connectivity index (χ1v) is 6.97. The fourth-order valence-corrected chi connectivity index (χ4v) is 2.59. The number of methoxy groups -OCH3 is 1. The molecule has 0 amide bonds. The lowest BCUT2D eigenvalue weighted by molar-refractivity contribution is 0.0191. The number of thiazole rings is 1. The predicted molar refractivity (Wildman–Crippen MR) is 75.3 cm³/mol. The van der Waals surface area contributed by atoms with Crippen molar-refractivity contribution in [2.75, 3.05) is 7.11 Å². The van der Waals surface area contributed by atoms with Gasteiger partial charge in [0.05, 0.1) is 5.69 Å². The van der Waals surface area contributed by atoms with Crippen LogP contribution in [-0.2, 0) is 10.3 Å². The Morgan fingerprint density at radius 2 is 1.88 bits per heavy atom. The van der Waals surface area contributed by atoms with Crippen LogP contribution in [-0.4, -0.2) is 12.1 Å². The number of benzene rings is 1. The largest absolute Gasteiger partial charge is 0.372 e. The second-order valence-electron chi connectivity index (χ2n) is 4.26. The lowest BCUT2D eigenvalue weighted by atomic mass is 10.1. The molecule has 90 valence electrons. The minimum absolute atomic E-state index is 0.321. The third kappa shape index (κ3) is 2.76. The van der Waals surface area contributed by atoms with E-state index in [4.69, 9.17) is 4.74 Å². The third-order valence-corrected chi connectivity index (χ3v) is 4.35. The average molecular weight is 312 g/mol. The smallest absolute Gasteiger partial charge is 0.125 e. The Hall–Kier alpha value is -0.710. The minimum Gasteiger partial charge on any atom is -0.372 e. The molecule has 0 atom stereocenters. The second kappa shape index (κ2) is 4.88. The van der Waals surface area contributed by atoms with Gasteiger partial charge in [-0.1, -0.05) is 28.1 Å². The van der Waals surface area contributed by atoms with Crippen molar-refractivity contribution >= 4 is 27.3 Å². The van der Waals surface area contributed by atoms with Crippen LogP contribution in [0, 0.1) is 0 Å². The maximum Gasteiger partial charge on any atom is 0.125 e. The van der Waals surface area contributed by atoms with Crippen molar-refractivity contribution < 1.29 is 4.74 Å². The molecule has 0 saturated heterocycles. The first kappa shape index (κ1) is 12.7. The molecule has 1 aromatic heterocycles. The molecule has 0 aliphatic heterocycles. The van der Waals surface area contributed by atoms with E-state index in [2.05, 4.69) is 38.4 Å². The molecule has 0 fully saturated rings. The van der Waals surface area contributed by atoms with Crippen molar-refractivity contribution in [3.63, 3.8) is 0 Å². The Balaban J connectivity index is 2.33. The third-order valence-electron chi connectivity index (χ3n) is 2.67. The Morgan fingerprint density at radius 1 is 1.24 bits per heavy atom. The van der Waals surface area contributed by atoms with E-state index in [1.165, 1.54) is 0 Å². The lowest BCUT2D eigenvalue weighted by Gasteiger charge is -2.19. The van der Waals surface area contributed by atoms with E-state index in [9.17, 15) is 0 Å². The molecule has 0 N–H and O–H groups in total. The molecule has 0 radical (unpaired) electrons. The van der Waals surface area contributed by atoms with Crippen molar-refractivity contribution in [3.05, 3.63) is 39.1 Å². The van der Waals surface area contributed by atoms with E-state index >= 15 is 0 Å². The van der Waals surface area contributed by atoms with E-state index in [0.717, 1.165) is 20.7 Å². The Morgan fingerprint density at radius 3 is 2.47 bits per heavy atom. The van der Waals surface area contributed by atoms with Gasteiger partial charge in [0.15, 0.2) is 0 Å². The van der Waals surface area contributed by atoms with Gasteiger partial charge in [0.25, 0.3) is 0 Å². The lowest BCUT2D eigenvalue weighted by Crippen LogP contribution is -2.18. The number of halogens is 1. The summed E-state index contributed by atoms with van der Waals surface area (Å²) in [6, 6.07) is 8.16. The maximum absolute atomic E-state index is 5.43. The molecule has 4 heteroatoms. The zero-order chi connectivity index (χ0) is 12.5. The van der Waals surface area contributed by atoms with Crippen LogP contribution in [0.5, 0.6) is 0 Å². The first-order valence-electron chi connectivity index (χ1n) is 5.30. The number of aromatic nitrogens is 1. The highest BCUT2D eigenvalue weighted by Crippen LogP contribution is 2.31. The predicted octanol–water partition coefficient (Wildman–Crippen LogP) is 4.45. The van der Waals surface area contributed by atoms with E-state index in [1.807, 2.05) is 26.0 Å². The summed E-state index contributed by atoms with van der Waals surface area (Å²) in [7, 11) is 1.71.